The summed E-state index contributed by atoms with van der Waals surface area (Å²) in [7, 11) is 0. The molecule has 1 rings (SSSR count). The Morgan fingerprint density at radius 3 is 1.44 bits per heavy atom. The van der Waals surface area contributed by atoms with E-state index in [2.05, 4.69) is 41.5 Å². The van der Waals surface area contributed by atoms with E-state index in [1.807, 2.05) is 9.80 Å². The van der Waals surface area contributed by atoms with Gasteiger partial charge in [-0.25, -0.2) is 4.79 Å². The molecule has 1 aliphatic rings. The first-order chi connectivity index (χ1) is 7.08. The van der Waals surface area contributed by atoms with Crippen LogP contribution in [-0.2, 0) is 0 Å². The summed E-state index contributed by atoms with van der Waals surface area (Å²) in [6.07, 6.45) is 0. The van der Waals surface area contributed by atoms with Crippen molar-refractivity contribution in [3.63, 3.8) is 0 Å². The molecule has 0 aromatic rings. The van der Waals surface area contributed by atoms with Crippen LogP contribution in [0.4, 0.5) is 4.79 Å². The van der Waals surface area contributed by atoms with Crippen LogP contribution >= 0.6 is 0 Å². The van der Waals surface area contributed by atoms with Gasteiger partial charge in [0, 0.05) is 26.2 Å². The minimum atomic E-state index is 0.188. The van der Waals surface area contributed by atoms with E-state index in [1.165, 1.54) is 0 Å². The van der Waals surface area contributed by atoms with Crippen LogP contribution in [0.3, 0.4) is 0 Å². The number of carbonyl (C=O) groups excluding carboxylic acids is 1. The van der Waals surface area contributed by atoms with Gasteiger partial charge in [-0.3, -0.25) is 0 Å². The first kappa shape index (κ1) is 13.3. The van der Waals surface area contributed by atoms with Gasteiger partial charge in [0.1, 0.15) is 0 Å². The summed E-state index contributed by atoms with van der Waals surface area (Å²) in [6, 6.07) is 0.213. The van der Waals surface area contributed by atoms with Gasteiger partial charge in [0.2, 0.25) is 0 Å². The molecule has 0 unspecified atom stereocenters. The molecule has 0 N–H and O–H groups in total. The van der Waals surface area contributed by atoms with Crippen molar-refractivity contribution in [2.45, 2.75) is 41.5 Å². The third-order valence-corrected chi connectivity index (χ3v) is 2.51. The molecule has 1 aliphatic heterocycles. The molecule has 94 valence electrons. The van der Waals surface area contributed by atoms with Crippen molar-refractivity contribution >= 4 is 6.03 Å². The molecule has 3 nitrogen and oxygen atoms in total. The minimum Gasteiger partial charge on any atom is -0.322 e. The van der Waals surface area contributed by atoms with E-state index in [9.17, 15) is 4.79 Å². The first-order valence-electron chi connectivity index (χ1n) is 6.12. The maximum absolute atomic E-state index is 12.1. The van der Waals surface area contributed by atoms with Crippen molar-refractivity contribution in [1.82, 2.24) is 9.80 Å². The topological polar surface area (TPSA) is 23.6 Å². The average Bonchev–Trinajstić information content (AvgIpc) is 2.30. The van der Waals surface area contributed by atoms with Crippen LogP contribution in [-0.4, -0.2) is 42.0 Å². The van der Waals surface area contributed by atoms with Gasteiger partial charge in [0.05, 0.1) is 0 Å². The number of carbonyl (C=O) groups is 1. The van der Waals surface area contributed by atoms with Crippen LogP contribution in [0.5, 0.6) is 0 Å². The Hall–Kier alpha value is -0.730. The molecule has 0 radical (unpaired) electrons. The van der Waals surface area contributed by atoms with Gasteiger partial charge in [0.25, 0.3) is 0 Å². The van der Waals surface area contributed by atoms with Crippen molar-refractivity contribution < 1.29 is 4.79 Å². The van der Waals surface area contributed by atoms with Gasteiger partial charge >= 0.3 is 6.03 Å². The Morgan fingerprint density at radius 2 is 1.19 bits per heavy atom. The van der Waals surface area contributed by atoms with Gasteiger partial charge in [-0.05, 0) is 10.8 Å². The summed E-state index contributed by atoms with van der Waals surface area (Å²) in [5, 5.41) is 0. The lowest BCUT2D eigenvalue weighted by Gasteiger charge is -2.28. The van der Waals surface area contributed by atoms with Gasteiger partial charge in [-0.2, -0.15) is 0 Å². The molecule has 1 fully saturated rings. The maximum Gasteiger partial charge on any atom is 0.320 e. The summed E-state index contributed by atoms with van der Waals surface area (Å²) >= 11 is 0. The fourth-order valence-corrected chi connectivity index (χ4v) is 2.07. The highest BCUT2D eigenvalue weighted by Gasteiger charge is 2.32. The van der Waals surface area contributed by atoms with Crippen molar-refractivity contribution in [3.8, 4) is 0 Å². The second kappa shape index (κ2) is 4.27. The number of hydrogen-bond donors (Lipinski definition) is 0. The van der Waals surface area contributed by atoms with Crippen molar-refractivity contribution in [1.29, 1.82) is 0 Å². The molecule has 0 aromatic carbocycles. The molecule has 1 heterocycles. The molecule has 0 spiro atoms. The van der Waals surface area contributed by atoms with E-state index in [0.717, 1.165) is 26.2 Å². The Balaban J connectivity index is 2.55. The average molecular weight is 226 g/mol. The normalized spacial score (nSPS) is 18.5. The molecule has 16 heavy (non-hydrogen) atoms. The molecular weight excluding hydrogens is 200 g/mol. The Morgan fingerprint density at radius 1 is 0.875 bits per heavy atom. The Labute approximate surface area is 99.8 Å². The highest BCUT2D eigenvalue weighted by atomic mass is 16.2. The lowest BCUT2D eigenvalue weighted by atomic mass is 9.96. The van der Waals surface area contributed by atoms with E-state index in [4.69, 9.17) is 0 Å². The standard InChI is InChI=1S/C13H26N2O/c1-12(2,3)9-14-7-8-15(11(14)16)10-13(4,5)6/h7-10H2,1-6H3. The first-order valence-corrected chi connectivity index (χ1v) is 6.12. The predicted octanol–water partition coefficient (Wildman–Crippen LogP) is 2.82. The molecule has 0 aliphatic carbocycles. The van der Waals surface area contributed by atoms with Gasteiger partial charge in [-0.1, -0.05) is 41.5 Å². The number of amides is 2. The van der Waals surface area contributed by atoms with Gasteiger partial charge < -0.3 is 9.80 Å². The van der Waals surface area contributed by atoms with Crippen LogP contribution in [0.25, 0.3) is 0 Å². The Bertz CT molecular complexity index is 234. The van der Waals surface area contributed by atoms with Gasteiger partial charge in [-0.15, -0.1) is 0 Å². The summed E-state index contributed by atoms with van der Waals surface area (Å²) < 4.78 is 0. The molecule has 0 saturated carbocycles. The molecule has 2 amide bonds. The van der Waals surface area contributed by atoms with E-state index in [0.29, 0.717) is 0 Å². The fraction of sp³-hybridized carbons (Fsp3) is 0.923. The zero-order valence-electron chi connectivity index (χ0n) is 11.6. The van der Waals surface area contributed by atoms with Crippen LogP contribution in [0.2, 0.25) is 0 Å². The largest absolute Gasteiger partial charge is 0.322 e. The molecule has 0 bridgehead atoms. The Kier molecular flexibility index (Phi) is 3.56. The van der Waals surface area contributed by atoms with Crippen LogP contribution < -0.4 is 0 Å². The highest BCUT2D eigenvalue weighted by Crippen LogP contribution is 2.22. The fourth-order valence-electron chi connectivity index (χ4n) is 2.07. The van der Waals surface area contributed by atoms with Crippen molar-refractivity contribution in [2.24, 2.45) is 10.8 Å². The summed E-state index contributed by atoms with van der Waals surface area (Å²) in [5.74, 6) is 0. The number of hydrogen-bond acceptors (Lipinski definition) is 1. The van der Waals surface area contributed by atoms with Crippen LogP contribution in [0, 0.1) is 10.8 Å². The zero-order chi connectivity index (χ0) is 12.6. The van der Waals surface area contributed by atoms with Gasteiger partial charge in [0.15, 0.2) is 0 Å². The smallest absolute Gasteiger partial charge is 0.320 e. The lowest BCUT2D eigenvalue weighted by molar-refractivity contribution is 0.164. The third-order valence-electron chi connectivity index (χ3n) is 2.51. The second-order valence-electron chi connectivity index (χ2n) is 7.25. The molecule has 1 saturated heterocycles. The molecular formula is C13H26N2O. The van der Waals surface area contributed by atoms with Crippen molar-refractivity contribution in [2.75, 3.05) is 26.2 Å². The van der Waals surface area contributed by atoms with E-state index in [-0.39, 0.29) is 16.9 Å². The monoisotopic (exact) mass is 226 g/mol. The maximum atomic E-state index is 12.1. The minimum absolute atomic E-state index is 0.188. The van der Waals surface area contributed by atoms with E-state index in [1.54, 1.807) is 0 Å². The summed E-state index contributed by atoms with van der Waals surface area (Å²) in [6.45, 7) is 16.5. The lowest BCUT2D eigenvalue weighted by Crippen LogP contribution is -2.39. The van der Waals surface area contributed by atoms with E-state index >= 15 is 0 Å². The van der Waals surface area contributed by atoms with Crippen LogP contribution in [0.15, 0.2) is 0 Å². The number of urea groups is 1. The van der Waals surface area contributed by atoms with E-state index < -0.39 is 0 Å². The third kappa shape index (κ3) is 4.03. The number of rotatable bonds is 2. The highest BCUT2D eigenvalue weighted by molar-refractivity contribution is 5.76. The number of nitrogens with zero attached hydrogens (tertiary/aromatic N) is 2. The zero-order valence-corrected chi connectivity index (χ0v) is 11.6. The quantitative estimate of drug-likeness (QED) is 0.710. The molecule has 3 heteroatoms. The predicted molar refractivity (Wildman–Crippen MR) is 67.5 cm³/mol. The van der Waals surface area contributed by atoms with Crippen LogP contribution in [0.1, 0.15) is 41.5 Å². The SMILES string of the molecule is CC(C)(C)CN1CCN(CC(C)(C)C)C1=O. The van der Waals surface area contributed by atoms with Crippen molar-refractivity contribution in [3.05, 3.63) is 0 Å². The second-order valence-corrected chi connectivity index (χ2v) is 7.25. The summed E-state index contributed by atoms with van der Waals surface area (Å²) in [5.41, 5.74) is 0.376. The summed E-state index contributed by atoms with van der Waals surface area (Å²) in [4.78, 5) is 16.1. The molecule has 0 aromatic heterocycles. The molecule has 0 atom stereocenters.